The Labute approximate surface area is 132 Å². The molecule has 0 aliphatic heterocycles. The molecule has 1 aliphatic rings. The minimum Gasteiger partial charge on any atom is -0.393 e. The molecule has 124 valence electrons. The largest absolute Gasteiger partial charge is 0.393 e. The van der Waals surface area contributed by atoms with Crippen molar-refractivity contribution in [3.05, 3.63) is 12.3 Å². The Morgan fingerprint density at radius 1 is 1.41 bits per heavy atom. The number of carbonyl (C=O) groups is 1. The third-order valence-electron chi connectivity index (χ3n) is 4.19. The van der Waals surface area contributed by atoms with Crippen molar-refractivity contribution in [2.75, 3.05) is 11.9 Å². The third-order valence-corrected chi connectivity index (χ3v) is 4.19. The molecule has 0 radical (unpaired) electrons. The monoisotopic (exact) mass is 308 g/mol. The molecule has 0 spiro atoms. The van der Waals surface area contributed by atoms with Gasteiger partial charge in [0.05, 0.1) is 18.3 Å². The number of rotatable bonds is 6. The Morgan fingerprint density at radius 2 is 2.14 bits per heavy atom. The van der Waals surface area contributed by atoms with Crippen molar-refractivity contribution in [1.82, 2.24) is 15.1 Å². The van der Waals surface area contributed by atoms with Crippen LogP contribution in [0.2, 0.25) is 0 Å². The van der Waals surface area contributed by atoms with Gasteiger partial charge in [0, 0.05) is 12.6 Å². The van der Waals surface area contributed by atoms with E-state index in [2.05, 4.69) is 15.7 Å². The fraction of sp³-hybridized carbons (Fsp3) is 0.750. The summed E-state index contributed by atoms with van der Waals surface area (Å²) in [6.07, 6.45) is 8.09. The van der Waals surface area contributed by atoms with Crippen LogP contribution in [-0.4, -0.2) is 33.6 Å². The molecule has 6 heteroatoms. The van der Waals surface area contributed by atoms with E-state index in [4.69, 9.17) is 0 Å². The van der Waals surface area contributed by atoms with E-state index in [9.17, 15) is 9.90 Å². The summed E-state index contributed by atoms with van der Waals surface area (Å²) < 4.78 is 1.94. The van der Waals surface area contributed by atoms with Crippen LogP contribution in [0.25, 0.3) is 0 Å². The Morgan fingerprint density at radius 3 is 2.82 bits per heavy atom. The first-order valence-corrected chi connectivity index (χ1v) is 8.32. The zero-order valence-electron chi connectivity index (χ0n) is 13.6. The number of aromatic nitrogens is 2. The molecule has 6 nitrogen and oxygen atoms in total. The van der Waals surface area contributed by atoms with Crippen LogP contribution in [0, 0.1) is 5.92 Å². The van der Waals surface area contributed by atoms with Gasteiger partial charge in [0.1, 0.15) is 5.82 Å². The maximum atomic E-state index is 12.0. The van der Waals surface area contributed by atoms with E-state index in [1.165, 1.54) is 19.3 Å². The van der Waals surface area contributed by atoms with Crippen molar-refractivity contribution in [3.8, 4) is 0 Å². The van der Waals surface area contributed by atoms with Crippen molar-refractivity contribution in [2.45, 2.75) is 64.5 Å². The SMILES string of the molecule is CC(O)CC(C)CNC(=O)Nc1ccnn1C1CCCCC1. The van der Waals surface area contributed by atoms with Gasteiger partial charge in [-0.3, -0.25) is 5.32 Å². The summed E-state index contributed by atoms with van der Waals surface area (Å²) in [5.74, 6) is 1.00. The second kappa shape index (κ2) is 8.17. The third kappa shape index (κ3) is 5.02. The number of carbonyl (C=O) groups excluding carboxylic acids is 1. The van der Waals surface area contributed by atoms with Gasteiger partial charge in [-0.25, -0.2) is 9.48 Å². The number of aliphatic hydroxyl groups is 1. The lowest BCUT2D eigenvalue weighted by Gasteiger charge is -2.24. The van der Waals surface area contributed by atoms with Crippen LogP contribution in [-0.2, 0) is 0 Å². The van der Waals surface area contributed by atoms with E-state index in [0.717, 1.165) is 18.7 Å². The Kier molecular flexibility index (Phi) is 6.24. The molecular weight excluding hydrogens is 280 g/mol. The first-order valence-electron chi connectivity index (χ1n) is 8.32. The van der Waals surface area contributed by atoms with Crippen LogP contribution >= 0.6 is 0 Å². The first kappa shape index (κ1) is 16.8. The van der Waals surface area contributed by atoms with Crippen LogP contribution in [0.1, 0.15) is 58.4 Å². The normalized spacial score (nSPS) is 18.7. The zero-order chi connectivity index (χ0) is 15.9. The molecule has 2 unspecified atom stereocenters. The molecule has 22 heavy (non-hydrogen) atoms. The summed E-state index contributed by atoms with van der Waals surface area (Å²) in [5, 5.41) is 19.4. The van der Waals surface area contributed by atoms with Gasteiger partial charge in [0.2, 0.25) is 0 Å². The minimum absolute atomic E-state index is 0.213. The van der Waals surface area contributed by atoms with Crippen molar-refractivity contribution >= 4 is 11.8 Å². The molecule has 2 amide bonds. The smallest absolute Gasteiger partial charge is 0.320 e. The number of anilines is 1. The topological polar surface area (TPSA) is 79.2 Å². The fourth-order valence-corrected chi connectivity index (χ4v) is 3.12. The highest BCUT2D eigenvalue weighted by atomic mass is 16.3. The van der Waals surface area contributed by atoms with Crippen LogP contribution in [0.15, 0.2) is 12.3 Å². The molecule has 3 N–H and O–H groups in total. The lowest BCUT2D eigenvalue weighted by Crippen LogP contribution is -2.34. The minimum atomic E-state index is -0.340. The highest BCUT2D eigenvalue weighted by Crippen LogP contribution is 2.29. The van der Waals surface area contributed by atoms with Crippen LogP contribution < -0.4 is 10.6 Å². The van der Waals surface area contributed by atoms with Crippen molar-refractivity contribution < 1.29 is 9.90 Å². The summed E-state index contributed by atoms with van der Waals surface area (Å²) in [5.41, 5.74) is 0. The van der Waals surface area contributed by atoms with Gasteiger partial charge in [-0.1, -0.05) is 26.2 Å². The van der Waals surface area contributed by atoms with Crippen LogP contribution in [0.5, 0.6) is 0 Å². The number of aliphatic hydroxyl groups excluding tert-OH is 1. The average Bonchev–Trinajstić information content (AvgIpc) is 2.93. The van der Waals surface area contributed by atoms with E-state index < -0.39 is 0 Å². The van der Waals surface area contributed by atoms with Crippen molar-refractivity contribution in [1.29, 1.82) is 0 Å². The van der Waals surface area contributed by atoms with Gasteiger partial charge in [0.25, 0.3) is 0 Å². The van der Waals surface area contributed by atoms with Gasteiger partial charge in [0.15, 0.2) is 0 Å². The number of hydrogen-bond donors (Lipinski definition) is 3. The second-order valence-corrected chi connectivity index (χ2v) is 6.48. The zero-order valence-corrected chi connectivity index (χ0v) is 13.6. The van der Waals surface area contributed by atoms with E-state index in [0.29, 0.717) is 19.0 Å². The first-order chi connectivity index (χ1) is 10.6. The second-order valence-electron chi connectivity index (χ2n) is 6.48. The predicted octanol–water partition coefficient (Wildman–Crippen LogP) is 2.92. The van der Waals surface area contributed by atoms with Crippen molar-refractivity contribution in [3.63, 3.8) is 0 Å². The molecule has 2 rings (SSSR count). The number of amides is 2. The van der Waals surface area contributed by atoms with Crippen LogP contribution in [0.4, 0.5) is 10.6 Å². The summed E-state index contributed by atoms with van der Waals surface area (Å²) >= 11 is 0. The summed E-state index contributed by atoms with van der Waals surface area (Å²) in [7, 11) is 0. The average molecular weight is 308 g/mol. The summed E-state index contributed by atoms with van der Waals surface area (Å²) in [6.45, 7) is 4.33. The standard InChI is InChI=1S/C16H28N4O2/c1-12(10-13(2)21)11-17-16(22)19-15-8-9-18-20(15)14-6-4-3-5-7-14/h8-9,12-14,21H,3-7,10-11H2,1-2H3,(H2,17,19,22). The summed E-state index contributed by atoms with van der Waals surface area (Å²) in [4.78, 5) is 12.0. The van der Waals surface area contributed by atoms with Crippen molar-refractivity contribution in [2.24, 2.45) is 5.92 Å². The van der Waals surface area contributed by atoms with Gasteiger partial charge in [-0.2, -0.15) is 5.10 Å². The summed E-state index contributed by atoms with van der Waals surface area (Å²) in [6, 6.07) is 2.02. The molecule has 1 fully saturated rings. The highest BCUT2D eigenvalue weighted by Gasteiger charge is 2.19. The van der Waals surface area contributed by atoms with E-state index in [-0.39, 0.29) is 18.1 Å². The molecule has 1 aliphatic carbocycles. The van der Waals surface area contributed by atoms with Gasteiger partial charge in [-0.05, 0) is 32.1 Å². The van der Waals surface area contributed by atoms with Gasteiger partial charge in [-0.15, -0.1) is 0 Å². The molecule has 0 bridgehead atoms. The Hall–Kier alpha value is -1.56. The maximum absolute atomic E-state index is 12.0. The van der Waals surface area contributed by atoms with Gasteiger partial charge < -0.3 is 10.4 Å². The van der Waals surface area contributed by atoms with E-state index >= 15 is 0 Å². The highest BCUT2D eigenvalue weighted by molar-refractivity contribution is 5.88. The molecule has 1 heterocycles. The molecular formula is C16H28N4O2. The Balaban J connectivity index is 1.83. The van der Waals surface area contributed by atoms with Gasteiger partial charge >= 0.3 is 6.03 Å². The molecule has 0 aromatic carbocycles. The molecule has 2 atom stereocenters. The lowest BCUT2D eigenvalue weighted by molar-refractivity contribution is 0.163. The lowest BCUT2D eigenvalue weighted by atomic mass is 9.96. The number of nitrogens with zero attached hydrogens (tertiary/aromatic N) is 2. The quantitative estimate of drug-likeness (QED) is 0.756. The van der Waals surface area contributed by atoms with E-state index in [1.807, 2.05) is 17.7 Å². The fourth-order valence-electron chi connectivity index (χ4n) is 3.12. The molecule has 1 aromatic rings. The van der Waals surface area contributed by atoms with E-state index in [1.54, 1.807) is 13.1 Å². The number of nitrogens with one attached hydrogen (secondary N) is 2. The molecule has 1 aromatic heterocycles. The number of hydrogen-bond acceptors (Lipinski definition) is 3. The predicted molar refractivity (Wildman–Crippen MR) is 86.8 cm³/mol. The Bertz CT molecular complexity index is 466. The molecule has 0 saturated heterocycles. The molecule has 1 saturated carbocycles. The number of urea groups is 1. The van der Waals surface area contributed by atoms with Crippen LogP contribution in [0.3, 0.4) is 0 Å². The maximum Gasteiger partial charge on any atom is 0.320 e.